The standard InChI is InChI=1S/C15H20N4O/c1-16-15(20)8-11-6-7-19(9-11)10-14-17-12-4-2-3-5-13(12)18-14/h2-5,11H,6-10H2,1H3,(H,16,20)(H,17,18). The predicted octanol–water partition coefficient (Wildman–Crippen LogP) is 1.52. The van der Waals surface area contributed by atoms with Crippen molar-refractivity contribution in [2.24, 2.45) is 5.92 Å². The fraction of sp³-hybridized carbons (Fsp3) is 0.467. The Morgan fingerprint density at radius 1 is 1.50 bits per heavy atom. The predicted molar refractivity (Wildman–Crippen MR) is 78.2 cm³/mol. The summed E-state index contributed by atoms with van der Waals surface area (Å²) in [5, 5.41) is 2.70. The maximum absolute atomic E-state index is 11.4. The lowest BCUT2D eigenvalue weighted by atomic mass is 10.1. The first-order valence-electron chi connectivity index (χ1n) is 7.11. The molecule has 0 bridgehead atoms. The van der Waals surface area contributed by atoms with E-state index in [0.717, 1.165) is 42.9 Å². The van der Waals surface area contributed by atoms with Gasteiger partial charge in [-0.2, -0.15) is 0 Å². The average Bonchev–Trinajstić information content (AvgIpc) is 3.05. The Morgan fingerprint density at radius 3 is 3.15 bits per heavy atom. The maximum atomic E-state index is 11.4. The molecular weight excluding hydrogens is 252 g/mol. The molecule has 3 rings (SSSR count). The zero-order valence-corrected chi connectivity index (χ0v) is 11.7. The number of hydrogen-bond donors (Lipinski definition) is 2. The van der Waals surface area contributed by atoms with Crippen LogP contribution in [0.25, 0.3) is 11.0 Å². The van der Waals surface area contributed by atoms with Gasteiger partial charge in [-0.1, -0.05) is 12.1 Å². The molecule has 1 aromatic carbocycles. The molecule has 0 aliphatic carbocycles. The van der Waals surface area contributed by atoms with Gasteiger partial charge in [-0.05, 0) is 31.0 Å². The van der Waals surface area contributed by atoms with Gasteiger partial charge >= 0.3 is 0 Å². The highest BCUT2D eigenvalue weighted by Crippen LogP contribution is 2.21. The summed E-state index contributed by atoms with van der Waals surface area (Å²) in [5.41, 5.74) is 2.10. The summed E-state index contributed by atoms with van der Waals surface area (Å²) in [4.78, 5) is 21.7. The number of carbonyl (C=O) groups excluding carboxylic acids is 1. The van der Waals surface area contributed by atoms with Crippen molar-refractivity contribution in [2.45, 2.75) is 19.4 Å². The number of likely N-dealkylation sites (tertiary alicyclic amines) is 1. The van der Waals surface area contributed by atoms with Crippen LogP contribution in [-0.2, 0) is 11.3 Å². The number of imidazole rings is 1. The quantitative estimate of drug-likeness (QED) is 0.887. The third-order valence-electron chi connectivity index (χ3n) is 3.93. The Morgan fingerprint density at radius 2 is 2.35 bits per heavy atom. The Labute approximate surface area is 118 Å². The Hall–Kier alpha value is -1.88. The minimum Gasteiger partial charge on any atom is -0.359 e. The van der Waals surface area contributed by atoms with E-state index in [0.29, 0.717) is 12.3 Å². The summed E-state index contributed by atoms with van der Waals surface area (Å²) in [6.45, 7) is 2.85. The van der Waals surface area contributed by atoms with Crippen molar-refractivity contribution < 1.29 is 4.79 Å². The van der Waals surface area contributed by atoms with Gasteiger partial charge in [0.25, 0.3) is 0 Å². The Bertz CT molecular complexity index is 574. The Kier molecular flexibility index (Phi) is 3.69. The number of aromatic nitrogens is 2. The second-order valence-electron chi connectivity index (χ2n) is 5.47. The van der Waals surface area contributed by atoms with E-state index >= 15 is 0 Å². The van der Waals surface area contributed by atoms with E-state index < -0.39 is 0 Å². The van der Waals surface area contributed by atoms with E-state index in [4.69, 9.17) is 0 Å². The minimum atomic E-state index is 0.139. The summed E-state index contributed by atoms with van der Waals surface area (Å²) in [7, 11) is 1.70. The smallest absolute Gasteiger partial charge is 0.220 e. The van der Waals surface area contributed by atoms with Crippen molar-refractivity contribution in [1.82, 2.24) is 20.2 Å². The summed E-state index contributed by atoms with van der Waals surface area (Å²) < 4.78 is 0. The van der Waals surface area contributed by atoms with Crippen LogP contribution in [0.2, 0.25) is 0 Å². The van der Waals surface area contributed by atoms with Gasteiger partial charge in [0.05, 0.1) is 17.6 Å². The molecular formula is C15H20N4O. The summed E-state index contributed by atoms with van der Waals surface area (Å²) in [6, 6.07) is 8.08. The third kappa shape index (κ3) is 2.82. The first-order valence-corrected chi connectivity index (χ1v) is 7.11. The largest absolute Gasteiger partial charge is 0.359 e. The number of nitrogens with one attached hydrogen (secondary N) is 2. The molecule has 0 radical (unpaired) electrons. The summed E-state index contributed by atoms with van der Waals surface area (Å²) in [6.07, 6.45) is 1.72. The molecule has 1 amide bonds. The van der Waals surface area contributed by atoms with Crippen molar-refractivity contribution in [2.75, 3.05) is 20.1 Å². The molecule has 1 unspecified atom stereocenters. The number of para-hydroxylation sites is 2. The van der Waals surface area contributed by atoms with E-state index in [9.17, 15) is 4.79 Å². The maximum Gasteiger partial charge on any atom is 0.220 e. The van der Waals surface area contributed by atoms with E-state index in [2.05, 4.69) is 20.2 Å². The third-order valence-corrected chi connectivity index (χ3v) is 3.93. The first kappa shape index (κ1) is 13.1. The zero-order valence-electron chi connectivity index (χ0n) is 11.7. The highest BCUT2D eigenvalue weighted by atomic mass is 16.1. The molecule has 106 valence electrons. The average molecular weight is 272 g/mol. The SMILES string of the molecule is CNC(=O)CC1CCN(Cc2nc3ccccc3[nH]2)C1. The molecule has 2 heterocycles. The van der Waals surface area contributed by atoms with Gasteiger partial charge in [0.2, 0.25) is 5.91 Å². The fourth-order valence-corrected chi connectivity index (χ4v) is 2.88. The van der Waals surface area contributed by atoms with E-state index in [-0.39, 0.29) is 5.91 Å². The van der Waals surface area contributed by atoms with Crippen molar-refractivity contribution in [3.63, 3.8) is 0 Å². The molecule has 2 N–H and O–H groups in total. The number of fused-ring (bicyclic) bond motifs is 1. The van der Waals surface area contributed by atoms with Crippen LogP contribution in [0.4, 0.5) is 0 Å². The van der Waals surface area contributed by atoms with Crippen LogP contribution in [0.3, 0.4) is 0 Å². The molecule has 1 atom stereocenters. The number of rotatable bonds is 4. The second kappa shape index (κ2) is 5.63. The summed E-state index contributed by atoms with van der Waals surface area (Å²) >= 11 is 0. The van der Waals surface area contributed by atoms with Crippen LogP contribution in [-0.4, -0.2) is 40.9 Å². The lowest BCUT2D eigenvalue weighted by Crippen LogP contribution is -2.24. The van der Waals surface area contributed by atoms with Crippen LogP contribution in [0.5, 0.6) is 0 Å². The Balaban J connectivity index is 1.60. The van der Waals surface area contributed by atoms with Gasteiger partial charge in [0.15, 0.2) is 0 Å². The van der Waals surface area contributed by atoms with Gasteiger partial charge in [-0.25, -0.2) is 4.98 Å². The second-order valence-corrected chi connectivity index (χ2v) is 5.47. The number of carbonyl (C=O) groups is 1. The van der Waals surface area contributed by atoms with Crippen LogP contribution < -0.4 is 5.32 Å². The number of H-pyrrole nitrogens is 1. The topological polar surface area (TPSA) is 61.0 Å². The molecule has 1 aliphatic rings. The number of hydrogen-bond acceptors (Lipinski definition) is 3. The van der Waals surface area contributed by atoms with Crippen LogP contribution in [0, 0.1) is 5.92 Å². The van der Waals surface area contributed by atoms with Gasteiger partial charge in [0.1, 0.15) is 5.82 Å². The minimum absolute atomic E-state index is 0.139. The van der Waals surface area contributed by atoms with E-state index in [1.54, 1.807) is 7.05 Å². The van der Waals surface area contributed by atoms with E-state index in [1.807, 2.05) is 24.3 Å². The lowest BCUT2D eigenvalue weighted by molar-refractivity contribution is -0.121. The molecule has 1 aromatic heterocycles. The van der Waals surface area contributed by atoms with Crippen molar-refractivity contribution in [3.8, 4) is 0 Å². The molecule has 5 heteroatoms. The molecule has 0 spiro atoms. The number of nitrogens with zero attached hydrogens (tertiary/aromatic N) is 2. The highest BCUT2D eigenvalue weighted by Gasteiger charge is 2.24. The molecule has 2 aromatic rings. The molecule has 20 heavy (non-hydrogen) atoms. The fourth-order valence-electron chi connectivity index (χ4n) is 2.88. The van der Waals surface area contributed by atoms with Crippen LogP contribution in [0.15, 0.2) is 24.3 Å². The van der Waals surface area contributed by atoms with Gasteiger partial charge in [0, 0.05) is 20.0 Å². The molecule has 1 fully saturated rings. The van der Waals surface area contributed by atoms with Crippen molar-refractivity contribution >= 4 is 16.9 Å². The number of aromatic amines is 1. The molecule has 5 nitrogen and oxygen atoms in total. The van der Waals surface area contributed by atoms with Crippen molar-refractivity contribution in [1.29, 1.82) is 0 Å². The van der Waals surface area contributed by atoms with Gasteiger partial charge in [-0.15, -0.1) is 0 Å². The van der Waals surface area contributed by atoms with Gasteiger partial charge < -0.3 is 10.3 Å². The van der Waals surface area contributed by atoms with Gasteiger partial charge in [-0.3, -0.25) is 9.69 Å². The summed E-state index contributed by atoms with van der Waals surface area (Å²) in [5.74, 6) is 1.62. The van der Waals surface area contributed by atoms with Crippen LogP contribution >= 0.6 is 0 Å². The normalized spacial score (nSPS) is 19.6. The highest BCUT2D eigenvalue weighted by molar-refractivity contribution is 5.76. The van der Waals surface area contributed by atoms with E-state index in [1.165, 1.54) is 0 Å². The number of amides is 1. The molecule has 1 aliphatic heterocycles. The lowest BCUT2D eigenvalue weighted by Gasteiger charge is -2.14. The first-order chi connectivity index (χ1) is 9.74. The number of benzene rings is 1. The zero-order chi connectivity index (χ0) is 13.9. The molecule has 0 saturated carbocycles. The van der Waals surface area contributed by atoms with Crippen molar-refractivity contribution in [3.05, 3.63) is 30.1 Å². The molecule has 1 saturated heterocycles. The van der Waals surface area contributed by atoms with Crippen LogP contribution in [0.1, 0.15) is 18.7 Å². The monoisotopic (exact) mass is 272 g/mol.